The number of nitrogens with zero attached hydrogens (tertiary/aromatic N) is 3. The van der Waals surface area contributed by atoms with E-state index in [-0.39, 0.29) is 6.04 Å². The lowest BCUT2D eigenvalue weighted by Crippen LogP contribution is -2.28. The van der Waals surface area contributed by atoms with Crippen molar-refractivity contribution in [1.29, 1.82) is 0 Å². The molecule has 4 rings (SSSR count). The van der Waals surface area contributed by atoms with Crippen LogP contribution in [-0.4, -0.2) is 32.4 Å². The third kappa shape index (κ3) is 2.45. The van der Waals surface area contributed by atoms with Gasteiger partial charge in [-0.1, -0.05) is 6.92 Å². The largest absolute Gasteiger partial charge is 0.385 e. The minimum atomic E-state index is -0.610. The van der Waals surface area contributed by atoms with Crippen LogP contribution in [0.4, 0.5) is 0 Å². The van der Waals surface area contributed by atoms with Crippen molar-refractivity contribution in [2.24, 2.45) is 0 Å². The summed E-state index contributed by atoms with van der Waals surface area (Å²) in [6, 6.07) is 2.25. The molecule has 0 aliphatic carbocycles. The van der Waals surface area contributed by atoms with E-state index < -0.39 is 6.10 Å². The number of thiophene rings is 1. The predicted molar refractivity (Wildman–Crippen MR) is 91.8 cm³/mol. The summed E-state index contributed by atoms with van der Waals surface area (Å²) in [5, 5.41) is 12.3. The second kappa shape index (κ2) is 5.85. The molecule has 0 spiro atoms. The lowest BCUT2D eigenvalue weighted by atomic mass is 10.0. The Labute approximate surface area is 138 Å². The highest BCUT2D eigenvalue weighted by atomic mass is 32.1. The Morgan fingerprint density at radius 1 is 1.43 bits per heavy atom. The summed E-state index contributed by atoms with van der Waals surface area (Å²) in [7, 11) is 0. The van der Waals surface area contributed by atoms with Gasteiger partial charge in [0.2, 0.25) is 0 Å². The number of fused-ring (bicyclic) bond motifs is 3. The quantitative estimate of drug-likeness (QED) is 0.792. The minimum Gasteiger partial charge on any atom is -0.385 e. The van der Waals surface area contributed by atoms with Crippen LogP contribution in [0.1, 0.15) is 51.1 Å². The average Bonchev–Trinajstić information content (AvgIpc) is 3.18. The topological polar surface area (TPSA) is 60.2 Å². The molecule has 1 aliphatic heterocycles. The molecule has 6 heteroatoms. The molecule has 3 aromatic heterocycles. The van der Waals surface area contributed by atoms with E-state index in [9.17, 15) is 5.11 Å². The second-order valence-electron chi connectivity index (χ2n) is 6.24. The number of hydrogen-bond acceptors (Lipinski definition) is 5. The summed E-state index contributed by atoms with van der Waals surface area (Å²) in [6.07, 6.45) is 4.73. The Morgan fingerprint density at radius 2 is 2.30 bits per heavy atom. The fourth-order valence-electron chi connectivity index (χ4n) is 3.48. The van der Waals surface area contributed by atoms with Crippen LogP contribution in [0, 0.1) is 0 Å². The standard InChI is InChI=1S/C17H21N3O2S/c1-3-12-5-4-11(9-22-12)20-15-14(19-17(20)10(2)21)8-18-13-6-7-23-16(13)15/h6-8,10-12,21H,3-5,9H2,1-2H3/t10-,11+,12+/m1/s1. The SMILES string of the molecule is CC[C@H]1CC[C@H](n2c([C@@H](C)O)nc3cnc4ccsc4c32)CO1. The first-order valence-electron chi connectivity index (χ1n) is 8.22. The number of aromatic nitrogens is 3. The van der Waals surface area contributed by atoms with Gasteiger partial charge in [-0.05, 0) is 37.6 Å². The fraction of sp³-hybridized carbons (Fsp3) is 0.529. The third-order valence-electron chi connectivity index (χ3n) is 4.69. The third-order valence-corrected chi connectivity index (χ3v) is 5.60. The van der Waals surface area contributed by atoms with Crippen molar-refractivity contribution in [3.63, 3.8) is 0 Å². The van der Waals surface area contributed by atoms with E-state index in [0.717, 1.165) is 40.5 Å². The maximum absolute atomic E-state index is 10.2. The van der Waals surface area contributed by atoms with Crippen LogP contribution < -0.4 is 0 Å². The first-order chi connectivity index (χ1) is 11.2. The molecule has 0 amide bonds. The van der Waals surface area contributed by atoms with Crippen LogP contribution in [0.2, 0.25) is 0 Å². The van der Waals surface area contributed by atoms with E-state index in [1.54, 1.807) is 18.3 Å². The molecule has 0 unspecified atom stereocenters. The Balaban J connectivity index is 1.88. The lowest BCUT2D eigenvalue weighted by Gasteiger charge is -2.31. The Hall–Kier alpha value is -1.50. The summed E-state index contributed by atoms with van der Waals surface area (Å²) < 4.78 is 9.34. The highest BCUT2D eigenvalue weighted by molar-refractivity contribution is 7.18. The van der Waals surface area contributed by atoms with E-state index in [0.29, 0.717) is 18.5 Å². The van der Waals surface area contributed by atoms with Crippen LogP contribution in [0.5, 0.6) is 0 Å². The molecule has 0 saturated carbocycles. The van der Waals surface area contributed by atoms with Crippen molar-refractivity contribution in [2.45, 2.75) is 51.4 Å². The second-order valence-corrected chi connectivity index (χ2v) is 7.15. The summed E-state index contributed by atoms with van der Waals surface area (Å²) in [5.41, 5.74) is 2.93. The molecule has 1 saturated heterocycles. The van der Waals surface area contributed by atoms with Crippen molar-refractivity contribution in [3.8, 4) is 0 Å². The monoisotopic (exact) mass is 331 g/mol. The zero-order valence-corrected chi connectivity index (χ0v) is 14.2. The Morgan fingerprint density at radius 3 is 3.00 bits per heavy atom. The molecule has 0 aromatic carbocycles. The average molecular weight is 331 g/mol. The molecule has 1 fully saturated rings. The summed E-state index contributed by atoms with van der Waals surface area (Å²) >= 11 is 1.68. The summed E-state index contributed by atoms with van der Waals surface area (Å²) in [5.74, 6) is 0.714. The van der Waals surface area contributed by atoms with Crippen molar-refractivity contribution in [1.82, 2.24) is 14.5 Å². The first kappa shape index (κ1) is 15.1. The van der Waals surface area contributed by atoms with Crippen molar-refractivity contribution in [2.75, 3.05) is 6.61 Å². The van der Waals surface area contributed by atoms with E-state index in [2.05, 4.69) is 26.8 Å². The van der Waals surface area contributed by atoms with Crippen molar-refractivity contribution < 1.29 is 9.84 Å². The van der Waals surface area contributed by atoms with Crippen LogP contribution in [0.15, 0.2) is 17.6 Å². The molecular weight excluding hydrogens is 310 g/mol. The van der Waals surface area contributed by atoms with Gasteiger partial charge in [-0.3, -0.25) is 4.98 Å². The van der Waals surface area contributed by atoms with Crippen LogP contribution in [0.25, 0.3) is 21.3 Å². The predicted octanol–water partition coefficient (Wildman–Crippen LogP) is 3.83. The van der Waals surface area contributed by atoms with Gasteiger partial charge < -0.3 is 14.4 Å². The maximum Gasteiger partial charge on any atom is 0.139 e. The van der Waals surface area contributed by atoms with Gasteiger partial charge in [-0.2, -0.15) is 0 Å². The molecule has 1 aliphatic rings. The van der Waals surface area contributed by atoms with Crippen LogP contribution in [0.3, 0.4) is 0 Å². The van der Waals surface area contributed by atoms with Gasteiger partial charge in [-0.15, -0.1) is 11.3 Å². The number of rotatable bonds is 3. The fourth-order valence-corrected chi connectivity index (χ4v) is 4.37. The number of aliphatic hydroxyl groups is 1. The zero-order valence-electron chi connectivity index (χ0n) is 13.4. The first-order valence-corrected chi connectivity index (χ1v) is 9.10. The van der Waals surface area contributed by atoms with Crippen molar-refractivity contribution >= 4 is 32.6 Å². The van der Waals surface area contributed by atoms with Gasteiger partial charge in [0.25, 0.3) is 0 Å². The van der Waals surface area contributed by atoms with Gasteiger partial charge in [0.1, 0.15) is 17.4 Å². The molecule has 3 aromatic rings. The van der Waals surface area contributed by atoms with E-state index in [1.807, 2.05) is 12.3 Å². The van der Waals surface area contributed by atoms with Gasteiger partial charge >= 0.3 is 0 Å². The van der Waals surface area contributed by atoms with Gasteiger partial charge in [-0.25, -0.2) is 4.98 Å². The number of pyridine rings is 1. The number of hydrogen-bond donors (Lipinski definition) is 1. The van der Waals surface area contributed by atoms with E-state index in [4.69, 9.17) is 4.74 Å². The Bertz CT molecular complexity index is 831. The zero-order chi connectivity index (χ0) is 16.0. The van der Waals surface area contributed by atoms with E-state index >= 15 is 0 Å². The maximum atomic E-state index is 10.2. The lowest BCUT2D eigenvalue weighted by molar-refractivity contribution is -0.0139. The molecule has 3 atom stereocenters. The van der Waals surface area contributed by atoms with Gasteiger partial charge in [0.05, 0.1) is 40.7 Å². The number of aliphatic hydroxyl groups excluding tert-OH is 1. The van der Waals surface area contributed by atoms with Crippen LogP contribution in [-0.2, 0) is 4.74 Å². The number of ether oxygens (including phenoxy) is 1. The molecule has 1 N–H and O–H groups in total. The normalized spacial score (nSPS) is 23.6. The molecule has 122 valence electrons. The van der Waals surface area contributed by atoms with Gasteiger partial charge in [0.15, 0.2) is 0 Å². The highest BCUT2D eigenvalue weighted by Crippen LogP contribution is 2.36. The molecule has 4 heterocycles. The molecule has 0 bridgehead atoms. The molecule has 23 heavy (non-hydrogen) atoms. The Kier molecular flexibility index (Phi) is 3.83. The molecular formula is C17H21N3O2S. The highest BCUT2D eigenvalue weighted by Gasteiger charge is 2.28. The summed E-state index contributed by atoms with van der Waals surface area (Å²) in [4.78, 5) is 9.13. The smallest absolute Gasteiger partial charge is 0.139 e. The molecule has 0 radical (unpaired) electrons. The molecule has 5 nitrogen and oxygen atoms in total. The number of imidazole rings is 1. The minimum absolute atomic E-state index is 0.222. The van der Waals surface area contributed by atoms with Gasteiger partial charge in [0, 0.05) is 0 Å². The van der Waals surface area contributed by atoms with Crippen LogP contribution >= 0.6 is 11.3 Å². The summed E-state index contributed by atoms with van der Waals surface area (Å²) in [6.45, 7) is 4.62. The van der Waals surface area contributed by atoms with Crippen molar-refractivity contribution in [3.05, 3.63) is 23.5 Å². The van der Waals surface area contributed by atoms with E-state index in [1.165, 1.54) is 0 Å².